The van der Waals surface area contributed by atoms with Crippen LogP contribution in [0.25, 0.3) is 0 Å². The first-order valence-electron chi connectivity index (χ1n) is 5.94. The number of aromatic hydroxyl groups is 1. The number of fused-ring (bicyclic) bond motifs is 2. The fourth-order valence-corrected chi connectivity index (χ4v) is 2.44. The van der Waals surface area contributed by atoms with Crippen molar-refractivity contribution < 1.29 is 19.3 Å². The Kier molecular flexibility index (Phi) is 2.54. The number of anilines is 1. The Balaban J connectivity index is 2.39. The van der Waals surface area contributed by atoms with Crippen molar-refractivity contribution in [3.05, 3.63) is 52.6 Å². The first-order valence-corrected chi connectivity index (χ1v) is 5.94. The van der Waals surface area contributed by atoms with Gasteiger partial charge in [-0.3, -0.25) is 9.59 Å². The highest BCUT2D eigenvalue weighted by molar-refractivity contribution is 6.31. The van der Waals surface area contributed by atoms with Crippen LogP contribution in [0.1, 0.15) is 31.8 Å². The van der Waals surface area contributed by atoms with E-state index in [0.717, 1.165) is 0 Å². The minimum atomic E-state index is -0.415. The van der Waals surface area contributed by atoms with Gasteiger partial charge in [-0.05, 0) is 0 Å². The minimum Gasteiger partial charge on any atom is -0.566 e. The van der Waals surface area contributed by atoms with E-state index >= 15 is 0 Å². The van der Waals surface area contributed by atoms with Crippen LogP contribution in [0.3, 0.4) is 0 Å². The molecule has 0 radical (unpaired) electrons. The Hall–Kier alpha value is -2.76. The molecule has 6 heteroatoms. The zero-order valence-electron chi connectivity index (χ0n) is 10.6. The summed E-state index contributed by atoms with van der Waals surface area (Å²) >= 11 is 0. The molecular formula is C14H10BNO4. The number of carbonyl (C=O) groups excluding carboxylic acids is 2. The highest BCUT2D eigenvalue weighted by Crippen LogP contribution is 2.40. The molecule has 0 aromatic heterocycles. The summed E-state index contributed by atoms with van der Waals surface area (Å²) in [5.41, 5.74) is 6.44. The van der Waals surface area contributed by atoms with Crippen molar-refractivity contribution in [2.75, 3.05) is 5.73 Å². The van der Waals surface area contributed by atoms with Crippen molar-refractivity contribution in [2.45, 2.75) is 0 Å². The minimum absolute atomic E-state index is 0.00514. The third-order valence-corrected chi connectivity index (χ3v) is 3.40. The van der Waals surface area contributed by atoms with Gasteiger partial charge >= 0.3 is 8.05 Å². The van der Waals surface area contributed by atoms with Gasteiger partial charge in [-0.15, -0.1) is 0 Å². The third-order valence-electron chi connectivity index (χ3n) is 3.40. The van der Waals surface area contributed by atoms with E-state index < -0.39 is 5.78 Å². The summed E-state index contributed by atoms with van der Waals surface area (Å²) < 4.78 is 5.01. The number of ketones is 2. The molecular weight excluding hydrogens is 257 g/mol. The second-order valence-corrected chi connectivity index (χ2v) is 4.47. The topological polar surface area (TPSA) is 89.6 Å². The zero-order chi connectivity index (χ0) is 14.4. The van der Waals surface area contributed by atoms with Crippen molar-refractivity contribution >= 4 is 25.3 Å². The van der Waals surface area contributed by atoms with Crippen LogP contribution in [0, 0.1) is 0 Å². The molecule has 0 fully saturated rings. The van der Waals surface area contributed by atoms with E-state index in [1.807, 2.05) is 0 Å². The lowest BCUT2D eigenvalue weighted by Crippen LogP contribution is -2.22. The number of carbonyl (C=O) groups is 2. The highest BCUT2D eigenvalue weighted by atomic mass is 16.4. The number of hydrogen-bond donors (Lipinski definition) is 2. The second-order valence-electron chi connectivity index (χ2n) is 4.47. The number of rotatable bonds is 1. The van der Waals surface area contributed by atoms with Gasteiger partial charge in [0.15, 0.2) is 11.6 Å². The van der Waals surface area contributed by atoms with Crippen LogP contribution < -0.4 is 10.4 Å². The lowest BCUT2D eigenvalue weighted by Gasteiger charge is -2.21. The normalized spacial score (nSPS) is 12.8. The smallest absolute Gasteiger partial charge is 0.322 e. The van der Waals surface area contributed by atoms with E-state index in [4.69, 9.17) is 10.4 Å². The summed E-state index contributed by atoms with van der Waals surface area (Å²) in [4.78, 5) is 24.9. The summed E-state index contributed by atoms with van der Waals surface area (Å²) in [6, 6.07) is 7.70. The number of benzene rings is 2. The SMILES string of the molecule is BOc1cc(O)c2c(c1N)C(=O)c1ccccc1C2=O. The second kappa shape index (κ2) is 4.13. The fourth-order valence-electron chi connectivity index (χ4n) is 2.44. The highest BCUT2D eigenvalue weighted by Gasteiger charge is 2.34. The molecule has 0 aliphatic heterocycles. The molecule has 0 bridgehead atoms. The molecule has 0 spiro atoms. The van der Waals surface area contributed by atoms with Gasteiger partial charge in [-0.2, -0.15) is 0 Å². The summed E-state index contributed by atoms with van der Waals surface area (Å²) in [5, 5.41) is 10.00. The van der Waals surface area contributed by atoms with Crippen LogP contribution in [-0.4, -0.2) is 24.7 Å². The summed E-state index contributed by atoms with van der Waals surface area (Å²) in [5.74, 6) is -0.940. The number of phenolic OH excluding ortho intramolecular Hbond substituents is 1. The molecule has 1 aliphatic rings. The van der Waals surface area contributed by atoms with Gasteiger partial charge in [0.2, 0.25) is 0 Å². The summed E-state index contributed by atoms with van der Waals surface area (Å²) in [6.07, 6.45) is 0. The Bertz CT molecular complexity index is 770. The molecule has 98 valence electrons. The predicted molar refractivity (Wildman–Crippen MR) is 75.0 cm³/mol. The molecule has 0 saturated heterocycles. The van der Waals surface area contributed by atoms with Crippen LogP contribution in [-0.2, 0) is 0 Å². The van der Waals surface area contributed by atoms with E-state index in [0.29, 0.717) is 0 Å². The zero-order valence-corrected chi connectivity index (χ0v) is 10.6. The largest absolute Gasteiger partial charge is 0.566 e. The van der Waals surface area contributed by atoms with Crippen molar-refractivity contribution in [3.63, 3.8) is 0 Å². The van der Waals surface area contributed by atoms with E-state index in [9.17, 15) is 14.7 Å². The van der Waals surface area contributed by atoms with E-state index in [1.54, 1.807) is 24.3 Å². The molecule has 2 aromatic rings. The first-order chi connectivity index (χ1) is 9.56. The molecule has 20 heavy (non-hydrogen) atoms. The lowest BCUT2D eigenvalue weighted by molar-refractivity contribution is 0.0977. The lowest BCUT2D eigenvalue weighted by atomic mass is 9.82. The van der Waals surface area contributed by atoms with Gasteiger partial charge in [-0.1, -0.05) is 24.3 Å². The first kappa shape index (κ1) is 12.3. The molecule has 3 N–H and O–H groups in total. The molecule has 3 rings (SSSR count). The quantitative estimate of drug-likeness (QED) is 0.384. The maximum absolute atomic E-state index is 12.5. The number of hydrogen-bond acceptors (Lipinski definition) is 5. The summed E-state index contributed by atoms with van der Waals surface area (Å²) in [7, 11) is 1.38. The summed E-state index contributed by atoms with van der Waals surface area (Å²) in [6.45, 7) is 0. The number of phenols is 1. The molecule has 1 aliphatic carbocycles. The predicted octanol–water partition coefficient (Wildman–Crippen LogP) is 0.677. The Labute approximate surface area is 115 Å². The van der Waals surface area contributed by atoms with Gasteiger partial charge in [0.05, 0.1) is 16.8 Å². The Morgan fingerprint density at radius 1 is 1.05 bits per heavy atom. The maximum Gasteiger partial charge on any atom is 0.322 e. The van der Waals surface area contributed by atoms with Crippen molar-refractivity contribution in [2.24, 2.45) is 0 Å². The molecule has 0 atom stereocenters. The Morgan fingerprint density at radius 3 is 2.15 bits per heavy atom. The van der Waals surface area contributed by atoms with Crippen molar-refractivity contribution in [1.29, 1.82) is 0 Å². The average Bonchev–Trinajstić information content (AvgIpc) is 2.46. The Morgan fingerprint density at radius 2 is 1.60 bits per heavy atom. The van der Waals surface area contributed by atoms with Gasteiger partial charge in [-0.25, -0.2) is 0 Å². The number of nitrogens with two attached hydrogens (primary N) is 1. The van der Waals surface area contributed by atoms with Crippen LogP contribution >= 0.6 is 0 Å². The number of nitrogen functional groups attached to an aromatic ring is 1. The maximum atomic E-state index is 12.5. The van der Waals surface area contributed by atoms with E-state index in [-0.39, 0.29) is 45.2 Å². The van der Waals surface area contributed by atoms with E-state index in [2.05, 4.69) is 0 Å². The van der Waals surface area contributed by atoms with Gasteiger partial charge in [0, 0.05) is 17.2 Å². The average molecular weight is 267 g/mol. The van der Waals surface area contributed by atoms with Crippen molar-refractivity contribution in [1.82, 2.24) is 0 Å². The molecule has 5 nitrogen and oxygen atoms in total. The van der Waals surface area contributed by atoms with Crippen LogP contribution in [0.15, 0.2) is 30.3 Å². The standard InChI is InChI=1S/C14H10BNO4/c15-20-9-5-8(17)10-11(12(9)16)14(19)7-4-2-1-3-6(7)13(10)18/h1-5,17H,15-16H2. The molecule has 0 saturated carbocycles. The molecule has 2 aromatic carbocycles. The van der Waals surface area contributed by atoms with E-state index in [1.165, 1.54) is 14.1 Å². The monoisotopic (exact) mass is 267 g/mol. The third kappa shape index (κ3) is 1.45. The molecule has 0 heterocycles. The van der Waals surface area contributed by atoms with Gasteiger partial charge < -0.3 is 15.5 Å². The van der Waals surface area contributed by atoms with Crippen molar-refractivity contribution in [3.8, 4) is 11.5 Å². The van der Waals surface area contributed by atoms with Crippen LogP contribution in [0.5, 0.6) is 11.5 Å². The van der Waals surface area contributed by atoms with Crippen LogP contribution in [0.2, 0.25) is 0 Å². The van der Waals surface area contributed by atoms with Gasteiger partial charge in [0.25, 0.3) is 0 Å². The van der Waals surface area contributed by atoms with Crippen LogP contribution in [0.4, 0.5) is 5.69 Å². The molecule has 0 amide bonds. The fraction of sp³-hybridized carbons (Fsp3) is 0. The van der Waals surface area contributed by atoms with Gasteiger partial charge in [0.1, 0.15) is 11.5 Å². The molecule has 0 unspecified atom stereocenters.